The number of carbonyl (C=O) groups is 2. The summed E-state index contributed by atoms with van der Waals surface area (Å²) in [7, 11) is -3.51. The minimum absolute atomic E-state index is 0.248. The van der Waals surface area contributed by atoms with E-state index in [-0.39, 0.29) is 17.3 Å². The third-order valence-corrected chi connectivity index (χ3v) is 7.65. The number of rotatable bonds is 8. The van der Waals surface area contributed by atoms with Crippen LogP contribution in [-0.2, 0) is 19.6 Å². The minimum atomic E-state index is -3.51. The molecular weight excluding hydrogens is 438 g/mol. The highest BCUT2D eigenvalue weighted by Gasteiger charge is 2.24. The molecule has 176 valence electrons. The Hall–Kier alpha value is -2.77. The molecule has 1 aliphatic heterocycles. The maximum Gasteiger partial charge on any atom is 0.331 e. The van der Waals surface area contributed by atoms with Crippen molar-refractivity contribution < 1.29 is 22.7 Å². The largest absolute Gasteiger partial charge is 0.454 e. The smallest absolute Gasteiger partial charge is 0.331 e. The number of esters is 1. The zero-order valence-corrected chi connectivity index (χ0v) is 20.0. The predicted octanol–water partition coefficient (Wildman–Crippen LogP) is 4.81. The fraction of sp³-hybridized carbons (Fsp3) is 0.385. The van der Waals surface area contributed by atoms with E-state index in [0.29, 0.717) is 30.1 Å². The highest BCUT2D eigenvalue weighted by atomic mass is 32.2. The molecule has 2 aromatic carbocycles. The summed E-state index contributed by atoms with van der Waals surface area (Å²) in [6.45, 7) is 4.92. The third kappa shape index (κ3) is 6.85. The summed E-state index contributed by atoms with van der Waals surface area (Å²) in [6.07, 6.45) is 6.64. The summed E-state index contributed by atoms with van der Waals surface area (Å²) < 4.78 is 32.3. The number of hydrogen-bond acceptors (Lipinski definition) is 5. The first-order valence-corrected chi connectivity index (χ1v) is 12.8. The molecule has 0 N–H and O–H groups in total. The highest BCUT2D eigenvalue weighted by Crippen LogP contribution is 2.21. The van der Waals surface area contributed by atoms with Crippen LogP contribution in [-0.4, -0.2) is 44.2 Å². The predicted molar refractivity (Wildman–Crippen MR) is 129 cm³/mol. The van der Waals surface area contributed by atoms with Crippen molar-refractivity contribution >= 4 is 27.9 Å². The van der Waals surface area contributed by atoms with Gasteiger partial charge in [0.15, 0.2) is 12.4 Å². The maximum atomic E-state index is 12.8. The van der Waals surface area contributed by atoms with E-state index in [1.807, 2.05) is 12.1 Å². The van der Waals surface area contributed by atoms with Gasteiger partial charge in [-0.25, -0.2) is 13.2 Å². The molecular formula is C26H31NO5S. The lowest BCUT2D eigenvalue weighted by atomic mass is 10.0. The van der Waals surface area contributed by atoms with Crippen molar-refractivity contribution in [3.8, 4) is 0 Å². The zero-order valence-electron chi connectivity index (χ0n) is 19.2. The molecule has 0 unspecified atom stereocenters. The van der Waals surface area contributed by atoms with E-state index in [4.69, 9.17) is 4.74 Å². The van der Waals surface area contributed by atoms with Crippen molar-refractivity contribution in [1.82, 2.24) is 4.31 Å². The number of nitrogens with zero attached hydrogens (tertiary/aromatic N) is 1. The average molecular weight is 470 g/mol. The SMILES string of the molecule is CC(C)c1ccc(C(=O)COC(=O)/C=C/c2ccc(S(=O)(=O)N3CCCCCC3)cc2)cc1. The zero-order chi connectivity index (χ0) is 23.8. The van der Waals surface area contributed by atoms with Gasteiger partial charge >= 0.3 is 5.97 Å². The summed E-state index contributed by atoms with van der Waals surface area (Å²) in [5.74, 6) is -0.529. The van der Waals surface area contributed by atoms with Gasteiger partial charge in [0.05, 0.1) is 4.90 Å². The molecule has 0 spiro atoms. The lowest BCUT2D eigenvalue weighted by Crippen LogP contribution is -2.31. The standard InChI is InChI=1S/C26H31NO5S/c1-20(2)22-10-12-23(13-11-22)25(28)19-32-26(29)16-9-21-7-14-24(15-8-21)33(30,31)27-17-5-3-4-6-18-27/h7-16,20H,3-6,17-19H2,1-2H3/b16-9+. The van der Waals surface area contributed by atoms with Gasteiger partial charge in [-0.05, 0) is 48.1 Å². The lowest BCUT2D eigenvalue weighted by molar-refractivity contribution is -0.136. The van der Waals surface area contributed by atoms with Crippen molar-refractivity contribution in [2.24, 2.45) is 0 Å². The van der Waals surface area contributed by atoms with E-state index in [1.165, 1.54) is 12.2 Å². The van der Waals surface area contributed by atoms with Gasteiger partial charge in [0.1, 0.15) is 0 Å². The number of Topliss-reactive ketones (excluding diaryl/α,β-unsaturated/α-hetero) is 1. The van der Waals surface area contributed by atoms with E-state index in [9.17, 15) is 18.0 Å². The Morgan fingerprint density at radius 1 is 0.939 bits per heavy atom. The lowest BCUT2D eigenvalue weighted by Gasteiger charge is -2.19. The second kappa shape index (κ2) is 11.4. The first-order chi connectivity index (χ1) is 15.8. The summed E-state index contributed by atoms with van der Waals surface area (Å²) in [5.41, 5.74) is 2.30. The first kappa shape index (κ1) is 24.9. The van der Waals surface area contributed by atoms with Crippen LogP contribution >= 0.6 is 0 Å². The Balaban J connectivity index is 1.54. The van der Waals surface area contributed by atoms with Crippen molar-refractivity contribution in [3.05, 3.63) is 71.3 Å². The van der Waals surface area contributed by atoms with Crippen LogP contribution in [0.4, 0.5) is 0 Å². The molecule has 1 aliphatic rings. The number of ketones is 1. The van der Waals surface area contributed by atoms with E-state index < -0.39 is 16.0 Å². The molecule has 0 radical (unpaired) electrons. The molecule has 0 atom stereocenters. The van der Waals surface area contributed by atoms with Crippen LogP contribution in [0.25, 0.3) is 6.08 Å². The summed E-state index contributed by atoms with van der Waals surface area (Å²) in [5, 5.41) is 0. The highest BCUT2D eigenvalue weighted by molar-refractivity contribution is 7.89. The Bertz CT molecular complexity index is 1080. The van der Waals surface area contributed by atoms with Crippen LogP contribution in [0.2, 0.25) is 0 Å². The van der Waals surface area contributed by atoms with Crippen molar-refractivity contribution in [1.29, 1.82) is 0 Å². The van der Waals surface area contributed by atoms with E-state index >= 15 is 0 Å². The maximum absolute atomic E-state index is 12.8. The topological polar surface area (TPSA) is 80.8 Å². The number of sulfonamides is 1. The fourth-order valence-corrected chi connectivity index (χ4v) is 5.19. The van der Waals surface area contributed by atoms with Gasteiger partial charge in [-0.3, -0.25) is 4.79 Å². The van der Waals surface area contributed by atoms with Crippen LogP contribution in [0, 0.1) is 0 Å². The van der Waals surface area contributed by atoms with Gasteiger partial charge < -0.3 is 4.74 Å². The molecule has 0 aromatic heterocycles. The Kier molecular flexibility index (Phi) is 8.58. The Morgan fingerprint density at radius 2 is 1.55 bits per heavy atom. The van der Waals surface area contributed by atoms with Crippen LogP contribution in [0.1, 0.15) is 66.9 Å². The van der Waals surface area contributed by atoms with Crippen molar-refractivity contribution in [2.45, 2.75) is 50.3 Å². The molecule has 0 aliphatic carbocycles. The Labute approximate surface area is 196 Å². The molecule has 3 rings (SSSR count). The molecule has 2 aromatic rings. The Morgan fingerprint density at radius 3 is 2.12 bits per heavy atom. The number of benzene rings is 2. The van der Waals surface area contributed by atoms with Gasteiger partial charge in [0.2, 0.25) is 10.0 Å². The molecule has 0 bridgehead atoms. The minimum Gasteiger partial charge on any atom is -0.454 e. The molecule has 1 heterocycles. The van der Waals surface area contributed by atoms with E-state index in [2.05, 4.69) is 13.8 Å². The van der Waals surface area contributed by atoms with Crippen LogP contribution < -0.4 is 0 Å². The fourth-order valence-electron chi connectivity index (χ4n) is 3.67. The van der Waals surface area contributed by atoms with Gasteiger partial charge in [-0.2, -0.15) is 4.31 Å². The number of ether oxygens (including phenoxy) is 1. The molecule has 33 heavy (non-hydrogen) atoms. The average Bonchev–Trinajstić information content (AvgIpc) is 3.12. The molecule has 6 nitrogen and oxygen atoms in total. The van der Waals surface area contributed by atoms with E-state index in [0.717, 1.165) is 31.2 Å². The summed E-state index contributed by atoms with van der Waals surface area (Å²) in [4.78, 5) is 24.5. The first-order valence-electron chi connectivity index (χ1n) is 11.4. The molecule has 7 heteroatoms. The van der Waals surface area contributed by atoms with Crippen molar-refractivity contribution in [2.75, 3.05) is 19.7 Å². The molecule has 1 fully saturated rings. The summed E-state index contributed by atoms with van der Waals surface area (Å²) in [6, 6.07) is 13.7. The number of carbonyl (C=O) groups excluding carboxylic acids is 2. The normalized spacial score (nSPS) is 15.5. The van der Waals surface area contributed by atoms with Gasteiger partial charge in [-0.15, -0.1) is 0 Å². The third-order valence-electron chi connectivity index (χ3n) is 5.74. The molecule has 0 saturated carbocycles. The monoisotopic (exact) mass is 469 g/mol. The van der Waals surface area contributed by atoms with Crippen LogP contribution in [0.3, 0.4) is 0 Å². The van der Waals surface area contributed by atoms with Gasteiger partial charge in [-0.1, -0.05) is 63.1 Å². The molecule has 1 saturated heterocycles. The number of hydrogen-bond donors (Lipinski definition) is 0. The van der Waals surface area contributed by atoms with Gasteiger partial charge in [0, 0.05) is 24.7 Å². The van der Waals surface area contributed by atoms with Gasteiger partial charge in [0.25, 0.3) is 0 Å². The van der Waals surface area contributed by atoms with Crippen LogP contribution in [0.15, 0.2) is 59.5 Å². The van der Waals surface area contributed by atoms with Crippen LogP contribution in [0.5, 0.6) is 0 Å². The summed E-state index contributed by atoms with van der Waals surface area (Å²) >= 11 is 0. The van der Waals surface area contributed by atoms with E-state index in [1.54, 1.807) is 40.7 Å². The molecule has 0 amide bonds. The quantitative estimate of drug-likeness (QED) is 0.315. The second-order valence-corrected chi connectivity index (χ2v) is 10.5. The van der Waals surface area contributed by atoms with Crippen molar-refractivity contribution in [3.63, 3.8) is 0 Å². The second-order valence-electron chi connectivity index (χ2n) is 8.53.